The first-order valence-electron chi connectivity index (χ1n) is 27.6. The summed E-state index contributed by atoms with van der Waals surface area (Å²) in [5, 5.41) is 14.8. The van der Waals surface area contributed by atoms with Crippen molar-refractivity contribution in [1.29, 1.82) is 0 Å². The van der Waals surface area contributed by atoms with Gasteiger partial charge in [0.1, 0.15) is 0 Å². The molecule has 2 heteroatoms. The van der Waals surface area contributed by atoms with Crippen molar-refractivity contribution < 1.29 is 0 Å². The predicted octanol–water partition coefficient (Wildman–Crippen LogP) is 22.2. The third-order valence-corrected chi connectivity index (χ3v) is 16.2. The molecular weight excluding hydrogens is 965 g/mol. The molecule has 0 spiro atoms. The highest BCUT2D eigenvalue weighted by Gasteiger charge is 2.20. The number of hydrogen-bond acceptors (Lipinski definition) is 2. The lowest BCUT2D eigenvalue weighted by molar-refractivity contribution is 1.29. The molecule has 15 aromatic carbocycles. The van der Waals surface area contributed by atoms with E-state index in [4.69, 9.17) is 0 Å². The molecule has 0 heterocycles. The Kier molecular flexibility index (Phi) is 11.6. The third-order valence-electron chi connectivity index (χ3n) is 16.2. The smallest absolute Gasteiger partial charge is 0.0540 e. The predicted molar refractivity (Wildman–Crippen MR) is 343 cm³/mol. The Morgan fingerprint density at radius 2 is 0.475 bits per heavy atom. The van der Waals surface area contributed by atoms with Crippen LogP contribution in [-0.4, -0.2) is 0 Å². The van der Waals surface area contributed by atoms with Crippen molar-refractivity contribution in [3.8, 4) is 44.5 Å². The van der Waals surface area contributed by atoms with E-state index in [1.54, 1.807) is 0 Å². The van der Waals surface area contributed by atoms with Gasteiger partial charge in [0.25, 0.3) is 0 Å². The molecule has 0 fully saturated rings. The number of nitrogens with zero attached hydrogens (tertiary/aromatic N) is 2. The molecule has 80 heavy (non-hydrogen) atoms. The Bertz CT molecular complexity index is 4750. The van der Waals surface area contributed by atoms with Crippen molar-refractivity contribution in [3.05, 3.63) is 315 Å². The zero-order valence-corrected chi connectivity index (χ0v) is 43.9. The van der Waals surface area contributed by atoms with Crippen LogP contribution in [0, 0.1) is 0 Å². The van der Waals surface area contributed by atoms with E-state index in [2.05, 4.69) is 325 Å². The first-order chi connectivity index (χ1) is 39.7. The summed E-state index contributed by atoms with van der Waals surface area (Å²) in [6.45, 7) is 0. The Morgan fingerprint density at radius 3 is 0.988 bits per heavy atom. The second-order valence-corrected chi connectivity index (χ2v) is 20.8. The molecule has 0 aliphatic rings. The van der Waals surface area contributed by atoms with Crippen LogP contribution >= 0.6 is 0 Å². The van der Waals surface area contributed by atoms with E-state index in [1.165, 1.54) is 98.0 Å². The van der Waals surface area contributed by atoms with E-state index in [0.29, 0.717) is 0 Å². The molecule has 15 rings (SSSR count). The maximum Gasteiger partial charge on any atom is 0.0540 e. The Balaban J connectivity index is 0.743. The first kappa shape index (κ1) is 46.7. The first-order valence-corrected chi connectivity index (χ1v) is 27.6. The molecule has 0 radical (unpaired) electrons. The summed E-state index contributed by atoms with van der Waals surface area (Å²) in [4.78, 5) is 4.74. The van der Waals surface area contributed by atoms with Crippen LogP contribution in [0.1, 0.15) is 0 Å². The molecule has 0 amide bonds. The Labute approximate surface area is 465 Å². The van der Waals surface area contributed by atoms with Crippen molar-refractivity contribution in [2.75, 3.05) is 9.80 Å². The van der Waals surface area contributed by atoms with Gasteiger partial charge in [-0.05, 0) is 183 Å². The maximum absolute atomic E-state index is 2.38. The Hall–Kier alpha value is -10.5. The number of para-hydroxylation sites is 2. The average Bonchev–Trinajstić information content (AvgIpc) is 3.56. The summed E-state index contributed by atoms with van der Waals surface area (Å²) in [7, 11) is 0. The highest BCUT2D eigenvalue weighted by atomic mass is 15.1. The van der Waals surface area contributed by atoms with Crippen molar-refractivity contribution in [2.24, 2.45) is 0 Å². The lowest BCUT2D eigenvalue weighted by Gasteiger charge is -2.27. The standard InChI is InChI=1S/C78H52N2/c1-3-22-65(23-4-1)79(75-31-15-20-56-18-9-10-26-69(56)75)67-44-39-54(40-45-67)55-41-46-68(47-42-55)80(66-24-5-2-6-25-66)76-32-16-21-62-50-61(43-48-70(62)76)58-34-35-60-52-64(38-36-59(60)49-58)78-73-29-13-11-27-71(73)77(72-28-12-14-30-74(72)78)63-37-33-53-17-7-8-19-57(53)51-63/h1-52H. The van der Waals surface area contributed by atoms with Crippen molar-refractivity contribution >= 4 is 98.8 Å². The van der Waals surface area contributed by atoms with E-state index < -0.39 is 0 Å². The fourth-order valence-electron chi connectivity index (χ4n) is 12.3. The van der Waals surface area contributed by atoms with Crippen LogP contribution in [0.2, 0.25) is 0 Å². The lowest BCUT2D eigenvalue weighted by atomic mass is 9.85. The van der Waals surface area contributed by atoms with Crippen LogP contribution in [0.3, 0.4) is 0 Å². The molecule has 0 unspecified atom stereocenters. The van der Waals surface area contributed by atoms with Crippen molar-refractivity contribution in [3.63, 3.8) is 0 Å². The van der Waals surface area contributed by atoms with Gasteiger partial charge in [-0.2, -0.15) is 0 Å². The summed E-state index contributed by atoms with van der Waals surface area (Å²) in [5.41, 5.74) is 16.4. The quantitative estimate of drug-likeness (QED) is 0.126. The molecular formula is C78H52N2. The molecule has 0 aromatic heterocycles. The van der Waals surface area contributed by atoms with Gasteiger partial charge in [0.15, 0.2) is 0 Å². The lowest BCUT2D eigenvalue weighted by Crippen LogP contribution is -2.10. The van der Waals surface area contributed by atoms with Gasteiger partial charge in [-0.1, -0.05) is 231 Å². The van der Waals surface area contributed by atoms with E-state index in [1.807, 2.05) is 0 Å². The normalized spacial score (nSPS) is 11.5. The molecule has 374 valence electrons. The van der Waals surface area contributed by atoms with Gasteiger partial charge in [-0.3, -0.25) is 0 Å². The zero-order valence-electron chi connectivity index (χ0n) is 43.9. The van der Waals surface area contributed by atoms with Crippen LogP contribution in [0.5, 0.6) is 0 Å². The van der Waals surface area contributed by atoms with Gasteiger partial charge in [0, 0.05) is 33.5 Å². The second kappa shape index (κ2) is 19.8. The number of fused-ring (bicyclic) bond motifs is 6. The molecule has 0 atom stereocenters. The number of benzene rings is 15. The van der Waals surface area contributed by atoms with E-state index in [0.717, 1.165) is 45.3 Å². The van der Waals surface area contributed by atoms with Gasteiger partial charge in [0.2, 0.25) is 0 Å². The number of anilines is 6. The Morgan fingerprint density at radius 1 is 0.163 bits per heavy atom. The zero-order chi connectivity index (χ0) is 52.9. The summed E-state index contributed by atoms with van der Waals surface area (Å²) >= 11 is 0. The molecule has 0 aliphatic heterocycles. The largest absolute Gasteiger partial charge is 0.310 e. The minimum atomic E-state index is 1.09. The third kappa shape index (κ3) is 8.30. The van der Waals surface area contributed by atoms with Gasteiger partial charge in [-0.25, -0.2) is 0 Å². The van der Waals surface area contributed by atoms with Gasteiger partial charge >= 0.3 is 0 Å². The SMILES string of the molecule is c1ccc(N(c2ccc(-c3ccc(N(c4ccccc4)c4cccc5cc(-c6ccc7cc(-c8c9ccccc9c(-c9ccc%10ccccc%10c9)c9ccccc89)ccc7c6)ccc45)cc3)cc2)c2cccc3ccccc23)cc1. The summed E-state index contributed by atoms with van der Waals surface area (Å²) in [5.74, 6) is 0. The summed E-state index contributed by atoms with van der Waals surface area (Å²) in [6, 6.07) is 115. The molecule has 0 saturated heterocycles. The van der Waals surface area contributed by atoms with Crippen LogP contribution in [0.25, 0.3) is 109 Å². The summed E-state index contributed by atoms with van der Waals surface area (Å²) < 4.78 is 0. The van der Waals surface area contributed by atoms with E-state index in [-0.39, 0.29) is 0 Å². The van der Waals surface area contributed by atoms with Crippen molar-refractivity contribution in [2.45, 2.75) is 0 Å². The van der Waals surface area contributed by atoms with Crippen LogP contribution < -0.4 is 9.80 Å². The van der Waals surface area contributed by atoms with Gasteiger partial charge < -0.3 is 9.80 Å². The number of rotatable bonds is 10. The van der Waals surface area contributed by atoms with E-state index in [9.17, 15) is 0 Å². The molecule has 0 N–H and O–H groups in total. The fourth-order valence-corrected chi connectivity index (χ4v) is 12.3. The molecule has 2 nitrogen and oxygen atoms in total. The van der Waals surface area contributed by atoms with Crippen molar-refractivity contribution in [1.82, 2.24) is 0 Å². The average molecular weight is 1020 g/mol. The van der Waals surface area contributed by atoms with Gasteiger partial charge in [0.05, 0.1) is 11.4 Å². The molecule has 0 aliphatic carbocycles. The van der Waals surface area contributed by atoms with Crippen LogP contribution in [0.4, 0.5) is 34.1 Å². The highest BCUT2D eigenvalue weighted by Crippen LogP contribution is 2.46. The monoisotopic (exact) mass is 1020 g/mol. The number of hydrogen-bond donors (Lipinski definition) is 0. The van der Waals surface area contributed by atoms with Crippen LogP contribution in [0.15, 0.2) is 315 Å². The minimum Gasteiger partial charge on any atom is -0.310 e. The molecule has 0 bridgehead atoms. The van der Waals surface area contributed by atoms with Gasteiger partial charge in [-0.15, -0.1) is 0 Å². The van der Waals surface area contributed by atoms with E-state index >= 15 is 0 Å². The van der Waals surface area contributed by atoms with Crippen LogP contribution in [-0.2, 0) is 0 Å². The fraction of sp³-hybridized carbons (Fsp3) is 0. The maximum atomic E-state index is 2.38. The highest BCUT2D eigenvalue weighted by molar-refractivity contribution is 6.22. The molecule has 0 saturated carbocycles. The topological polar surface area (TPSA) is 6.48 Å². The molecule has 15 aromatic rings. The summed E-state index contributed by atoms with van der Waals surface area (Å²) in [6.07, 6.45) is 0. The second-order valence-electron chi connectivity index (χ2n) is 20.8. The minimum absolute atomic E-state index is 1.09.